The van der Waals surface area contributed by atoms with Gasteiger partial charge in [-0.2, -0.15) is 0 Å². The van der Waals surface area contributed by atoms with E-state index in [2.05, 4.69) is 15.9 Å². The van der Waals surface area contributed by atoms with Crippen LogP contribution >= 0.6 is 27.5 Å². The Balaban J connectivity index is 1.98. The van der Waals surface area contributed by atoms with Crippen LogP contribution in [0.3, 0.4) is 0 Å². The largest absolute Gasteiger partial charge is 0.490 e. The topological polar surface area (TPSA) is 44.5 Å². The molecule has 0 saturated carbocycles. The third-order valence-corrected chi connectivity index (χ3v) is 3.65. The quantitative estimate of drug-likeness (QED) is 0.867. The number of hydrogen-bond donors (Lipinski definition) is 1. The maximum atomic E-state index is 5.89. The van der Waals surface area contributed by atoms with E-state index in [0.29, 0.717) is 29.0 Å². The molecule has 1 aliphatic heterocycles. The third-order valence-electron chi connectivity index (χ3n) is 2.84. The lowest BCUT2D eigenvalue weighted by atomic mass is 10.0. The van der Waals surface area contributed by atoms with Crippen molar-refractivity contribution in [1.82, 2.24) is 0 Å². The highest BCUT2D eigenvalue weighted by Gasteiger charge is 2.16. The van der Waals surface area contributed by atoms with Gasteiger partial charge in [-0.25, -0.2) is 0 Å². The zero-order valence-corrected chi connectivity index (χ0v) is 11.8. The van der Waals surface area contributed by atoms with Crippen LogP contribution in [0, 0.1) is 5.92 Å². The van der Waals surface area contributed by atoms with E-state index in [-0.39, 0.29) is 0 Å². The molecule has 2 N–H and O–H groups in total. The van der Waals surface area contributed by atoms with E-state index < -0.39 is 0 Å². The van der Waals surface area contributed by atoms with Gasteiger partial charge in [-0.15, -0.1) is 0 Å². The van der Waals surface area contributed by atoms with Crippen molar-refractivity contribution in [2.75, 3.05) is 25.6 Å². The summed E-state index contributed by atoms with van der Waals surface area (Å²) in [6.45, 7) is 2.32. The lowest BCUT2D eigenvalue weighted by Crippen LogP contribution is -2.21. The predicted molar refractivity (Wildman–Crippen MR) is 72.6 cm³/mol. The molecule has 1 aliphatic rings. The molecular weight excluding hydrogens is 305 g/mol. The fraction of sp³-hybridized carbons (Fsp3) is 0.500. The van der Waals surface area contributed by atoms with Gasteiger partial charge in [0.1, 0.15) is 0 Å². The van der Waals surface area contributed by atoms with E-state index in [1.807, 2.05) is 0 Å². The SMILES string of the molecule is Nc1cc(Cl)cc(Br)c1OCC1CCOCC1. The predicted octanol–water partition coefficient (Wildman–Crippen LogP) is 3.49. The first kappa shape index (κ1) is 13.0. The van der Waals surface area contributed by atoms with Crippen LogP contribution in [-0.4, -0.2) is 19.8 Å². The summed E-state index contributed by atoms with van der Waals surface area (Å²) in [5, 5.41) is 0.604. The van der Waals surface area contributed by atoms with E-state index in [4.69, 9.17) is 26.8 Å². The maximum Gasteiger partial charge on any atom is 0.156 e. The van der Waals surface area contributed by atoms with Crippen molar-refractivity contribution in [3.63, 3.8) is 0 Å². The number of anilines is 1. The lowest BCUT2D eigenvalue weighted by Gasteiger charge is -2.22. The summed E-state index contributed by atoms with van der Waals surface area (Å²) in [7, 11) is 0. The van der Waals surface area contributed by atoms with Gasteiger partial charge >= 0.3 is 0 Å². The van der Waals surface area contributed by atoms with Crippen LogP contribution in [0.1, 0.15) is 12.8 Å². The van der Waals surface area contributed by atoms with Crippen LogP contribution in [0.5, 0.6) is 5.75 Å². The minimum atomic E-state index is 0.547. The number of ether oxygens (including phenoxy) is 2. The Morgan fingerprint density at radius 3 is 2.76 bits per heavy atom. The number of nitrogen functional groups attached to an aromatic ring is 1. The molecule has 94 valence electrons. The number of nitrogens with two attached hydrogens (primary N) is 1. The van der Waals surface area contributed by atoms with Gasteiger partial charge in [0, 0.05) is 18.2 Å². The second-order valence-electron chi connectivity index (χ2n) is 4.17. The summed E-state index contributed by atoms with van der Waals surface area (Å²) in [5.41, 5.74) is 6.44. The van der Waals surface area contributed by atoms with Crippen molar-refractivity contribution in [3.8, 4) is 5.75 Å². The second-order valence-corrected chi connectivity index (χ2v) is 5.46. The number of benzene rings is 1. The van der Waals surface area contributed by atoms with Crippen LogP contribution < -0.4 is 10.5 Å². The standard InChI is InChI=1S/C12H15BrClNO2/c13-10-5-9(14)6-11(15)12(10)17-7-8-1-3-16-4-2-8/h5-6,8H,1-4,7,15H2. The molecule has 5 heteroatoms. The summed E-state index contributed by atoms with van der Waals surface area (Å²) in [6.07, 6.45) is 2.09. The van der Waals surface area contributed by atoms with E-state index in [1.54, 1.807) is 12.1 Å². The Morgan fingerprint density at radius 1 is 1.41 bits per heavy atom. The molecule has 0 atom stereocenters. The molecule has 1 heterocycles. The zero-order valence-electron chi connectivity index (χ0n) is 9.42. The van der Waals surface area contributed by atoms with Gasteiger partial charge in [-0.3, -0.25) is 0 Å². The smallest absolute Gasteiger partial charge is 0.156 e. The summed E-state index contributed by atoms with van der Waals surface area (Å²) in [4.78, 5) is 0. The molecule has 0 aromatic heterocycles. The molecule has 2 rings (SSSR count). The first-order chi connectivity index (χ1) is 8.16. The van der Waals surface area contributed by atoms with Crippen molar-refractivity contribution >= 4 is 33.2 Å². The molecule has 0 spiro atoms. The number of rotatable bonds is 3. The molecule has 0 unspecified atom stereocenters. The first-order valence-corrected chi connectivity index (χ1v) is 6.79. The Hall–Kier alpha value is -0.450. The fourth-order valence-corrected chi connectivity index (χ4v) is 2.80. The van der Waals surface area contributed by atoms with Crippen LogP contribution in [0.4, 0.5) is 5.69 Å². The van der Waals surface area contributed by atoms with Gasteiger partial charge in [0.15, 0.2) is 5.75 Å². The second kappa shape index (κ2) is 5.94. The van der Waals surface area contributed by atoms with Crippen molar-refractivity contribution in [2.24, 2.45) is 5.92 Å². The van der Waals surface area contributed by atoms with E-state index in [1.165, 1.54) is 0 Å². The monoisotopic (exact) mass is 319 g/mol. The first-order valence-electron chi connectivity index (χ1n) is 5.62. The summed E-state index contributed by atoms with van der Waals surface area (Å²) in [6, 6.07) is 3.49. The van der Waals surface area contributed by atoms with Crippen molar-refractivity contribution in [3.05, 3.63) is 21.6 Å². The van der Waals surface area contributed by atoms with Crippen molar-refractivity contribution < 1.29 is 9.47 Å². The van der Waals surface area contributed by atoms with Gasteiger partial charge in [0.25, 0.3) is 0 Å². The van der Waals surface area contributed by atoms with Gasteiger partial charge in [-0.1, -0.05) is 11.6 Å². The van der Waals surface area contributed by atoms with Crippen LogP contribution in [0.15, 0.2) is 16.6 Å². The van der Waals surface area contributed by atoms with Crippen molar-refractivity contribution in [1.29, 1.82) is 0 Å². The van der Waals surface area contributed by atoms with Crippen LogP contribution in [0.25, 0.3) is 0 Å². The summed E-state index contributed by atoms with van der Waals surface area (Å²) in [5.74, 6) is 1.23. The molecule has 1 aromatic rings. The van der Waals surface area contributed by atoms with Gasteiger partial charge in [0.2, 0.25) is 0 Å². The third kappa shape index (κ3) is 3.50. The zero-order chi connectivity index (χ0) is 12.3. The molecular formula is C12H15BrClNO2. The van der Waals surface area contributed by atoms with E-state index in [9.17, 15) is 0 Å². The van der Waals surface area contributed by atoms with Crippen LogP contribution in [0.2, 0.25) is 5.02 Å². The minimum absolute atomic E-state index is 0.547. The van der Waals surface area contributed by atoms with E-state index in [0.717, 1.165) is 30.5 Å². The number of halogens is 2. The Kier molecular flexibility index (Phi) is 4.54. The number of hydrogen-bond acceptors (Lipinski definition) is 3. The minimum Gasteiger partial charge on any atom is -0.490 e. The molecule has 0 aliphatic carbocycles. The molecule has 1 saturated heterocycles. The molecule has 0 bridgehead atoms. The molecule has 3 nitrogen and oxygen atoms in total. The van der Waals surface area contributed by atoms with Crippen molar-refractivity contribution in [2.45, 2.75) is 12.8 Å². The fourth-order valence-electron chi connectivity index (χ4n) is 1.85. The Bertz CT molecular complexity index is 371. The van der Waals surface area contributed by atoms with Crippen LogP contribution in [-0.2, 0) is 4.74 Å². The Morgan fingerprint density at radius 2 is 2.12 bits per heavy atom. The normalized spacial score (nSPS) is 17.1. The van der Waals surface area contributed by atoms with Gasteiger partial charge in [0.05, 0.1) is 16.8 Å². The van der Waals surface area contributed by atoms with Gasteiger partial charge in [-0.05, 0) is 46.8 Å². The molecule has 0 amide bonds. The molecule has 17 heavy (non-hydrogen) atoms. The van der Waals surface area contributed by atoms with E-state index >= 15 is 0 Å². The molecule has 1 aromatic carbocycles. The lowest BCUT2D eigenvalue weighted by molar-refractivity contribution is 0.0497. The Labute approximate surface area is 114 Å². The maximum absolute atomic E-state index is 5.89. The van der Waals surface area contributed by atoms with Gasteiger partial charge < -0.3 is 15.2 Å². The highest BCUT2D eigenvalue weighted by molar-refractivity contribution is 9.10. The molecule has 0 radical (unpaired) electrons. The highest BCUT2D eigenvalue weighted by atomic mass is 79.9. The summed E-state index contributed by atoms with van der Waals surface area (Å²) >= 11 is 9.30. The average molecular weight is 321 g/mol. The summed E-state index contributed by atoms with van der Waals surface area (Å²) < 4.78 is 11.9. The highest BCUT2D eigenvalue weighted by Crippen LogP contribution is 2.35. The average Bonchev–Trinajstić information content (AvgIpc) is 2.29. The molecule has 1 fully saturated rings.